The van der Waals surface area contributed by atoms with Crippen LogP contribution in [0.15, 0.2) is 6.20 Å². The number of rotatable bonds is 5. The summed E-state index contributed by atoms with van der Waals surface area (Å²) < 4.78 is 5.48. The molecule has 3 aliphatic heterocycles. The Morgan fingerprint density at radius 2 is 1.69 bits per heavy atom. The minimum atomic E-state index is -0.982. The first kappa shape index (κ1) is 23.2. The number of nitrogens with zero attached hydrogens (tertiary/aromatic N) is 3. The van der Waals surface area contributed by atoms with Crippen molar-refractivity contribution < 1.29 is 14.3 Å². The summed E-state index contributed by atoms with van der Waals surface area (Å²) in [6.07, 6.45) is 13.7. The molecule has 2 amide bonds. The average Bonchev–Trinajstić information content (AvgIpc) is 3.53. The molecule has 5 aliphatic rings. The van der Waals surface area contributed by atoms with Crippen molar-refractivity contribution in [1.82, 2.24) is 20.6 Å². The van der Waals surface area contributed by atoms with E-state index in [0.717, 1.165) is 88.8 Å². The Morgan fingerprint density at radius 1 is 0.971 bits per heavy atom. The van der Waals surface area contributed by atoms with Crippen molar-refractivity contribution in [3.8, 4) is 0 Å². The largest absolute Gasteiger partial charge is 0.381 e. The predicted molar refractivity (Wildman–Crippen MR) is 132 cm³/mol. The molecule has 1 aromatic heterocycles. The fraction of sp³-hybridized carbons (Fsp3) is 0.769. The van der Waals surface area contributed by atoms with Crippen LogP contribution in [0.5, 0.6) is 0 Å². The van der Waals surface area contributed by atoms with E-state index in [1.165, 1.54) is 0 Å². The zero-order valence-corrected chi connectivity index (χ0v) is 20.6. The van der Waals surface area contributed by atoms with Gasteiger partial charge in [0.1, 0.15) is 11.2 Å². The second-order valence-electron chi connectivity index (χ2n) is 11.2. The summed E-state index contributed by atoms with van der Waals surface area (Å²) in [6.45, 7) is 2.30. The van der Waals surface area contributed by atoms with Gasteiger partial charge in [-0.05, 0) is 57.8 Å². The van der Waals surface area contributed by atoms with Gasteiger partial charge in [-0.3, -0.25) is 14.5 Å². The molecule has 0 unspecified atom stereocenters. The zero-order chi connectivity index (χ0) is 23.8. The summed E-state index contributed by atoms with van der Waals surface area (Å²) in [6, 6.07) is 1.63. The van der Waals surface area contributed by atoms with Gasteiger partial charge in [-0.2, -0.15) is 4.98 Å². The molecule has 2 saturated carbocycles. The van der Waals surface area contributed by atoms with E-state index in [4.69, 9.17) is 9.72 Å². The highest BCUT2D eigenvalue weighted by Gasteiger charge is 2.56. The minimum absolute atomic E-state index is 0.0590. The fourth-order valence-electron chi connectivity index (χ4n) is 6.86. The van der Waals surface area contributed by atoms with Crippen molar-refractivity contribution in [2.75, 3.05) is 30.0 Å². The Kier molecular flexibility index (Phi) is 6.39. The molecule has 9 heteroatoms. The van der Waals surface area contributed by atoms with Crippen LogP contribution in [0.25, 0.3) is 0 Å². The average molecular weight is 483 g/mol. The fourth-order valence-corrected chi connectivity index (χ4v) is 6.86. The van der Waals surface area contributed by atoms with E-state index in [1.807, 2.05) is 11.1 Å². The summed E-state index contributed by atoms with van der Waals surface area (Å²) in [5.74, 6) is 1.13. The smallest absolute Gasteiger partial charge is 0.244 e. The first-order chi connectivity index (χ1) is 17.1. The molecule has 0 aromatic carbocycles. The monoisotopic (exact) mass is 482 g/mol. The lowest BCUT2D eigenvalue weighted by atomic mass is 9.76. The highest BCUT2D eigenvalue weighted by atomic mass is 16.5. The van der Waals surface area contributed by atoms with E-state index in [-0.39, 0.29) is 17.9 Å². The maximum atomic E-state index is 13.8. The van der Waals surface area contributed by atoms with Crippen LogP contribution >= 0.6 is 0 Å². The lowest BCUT2D eigenvalue weighted by Gasteiger charge is -2.41. The zero-order valence-electron chi connectivity index (χ0n) is 20.6. The second-order valence-corrected chi connectivity index (χ2v) is 11.2. The Morgan fingerprint density at radius 3 is 2.40 bits per heavy atom. The molecule has 2 aliphatic carbocycles. The highest BCUT2D eigenvalue weighted by molar-refractivity contribution is 6.14. The maximum Gasteiger partial charge on any atom is 0.244 e. The van der Waals surface area contributed by atoms with Crippen molar-refractivity contribution in [3.63, 3.8) is 0 Å². The molecule has 1 spiro atoms. The Balaban J connectivity index is 1.16. The van der Waals surface area contributed by atoms with Crippen molar-refractivity contribution >= 4 is 23.6 Å². The molecule has 4 heterocycles. The van der Waals surface area contributed by atoms with E-state index < -0.39 is 5.41 Å². The van der Waals surface area contributed by atoms with Crippen LogP contribution in [0.4, 0.5) is 11.8 Å². The van der Waals surface area contributed by atoms with Gasteiger partial charge >= 0.3 is 0 Å². The molecule has 4 fully saturated rings. The molecule has 0 radical (unpaired) electrons. The van der Waals surface area contributed by atoms with E-state index in [9.17, 15) is 9.59 Å². The van der Waals surface area contributed by atoms with E-state index >= 15 is 0 Å². The topological polar surface area (TPSA) is 108 Å². The molecule has 6 rings (SSSR count). The number of nitrogens with one attached hydrogen (secondary N) is 3. The van der Waals surface area contributed by atoms with E-state index in [1.54, 1.807) is 0 Å². The summed E-state index contributed by atoms with van der Waals surface area (Å²) in [5, 5.41) is 10.3. The van der Waals surface area contributed by atoms with Gasteiger partial charge in [0.15, 0.2) is 0 Å². The van der Waals surface area contributed by atoms with E-state index in [2.05, 4.69) is 20.9 Å². The highest BCUT2D eigenvalue weighted by Crippen LogP contribution is 2.44. The molecule has 9 nitrogen and oxygen atoms in total. The quantitative estimate of drug-likeness (QED) is 0.553. The molecule has 190 valence electrons. The first-order valence-electron chi connectivity index (χ1n) is 13.7. The Labute approximate surface area is 207 Å². The number of fused-ring (bicyclic) bond motifs is 1. The van der Waals surface area contributed by atoms with Gasteiger partial charge in [-0.25, -0.2) is 4.98 Å². The maximum absolute atomic E-state index is 13.8. The van der Waals surface area contributed by atoms with Gasteiger partial charge < -0.3 is 20.7 Å². The van der Waals surface area contributed by atoms with Gasteiger partial charge in [0.05, 0.1) is 0 Å². The van der Waals surface area contributed by atoms with Gasteiger partial charge in [0.2, 0.25) is 17.8 Å². The molecular formula is C26H38N6O3. The number of hydrogen-bond donors (Lipinski definition) is 3. The third-order valence-corrected chi connectivity index (χ3v) is 8.91. The van der Waals surface area contributed by atoms with Crippen LogP contribution in [-0.4, -0.2) is 65.7 Å². The van der Waals surface area contributed by atoms with Crippen LogP contribution in [-0.2, 0) is 20.7 Å². The van der Waals surface area contributed by atoms with Crippen LogP contribution in [0.1, 0.15) is 76.2 Å². The number of aromatic nitrogens is 2. The number of carbonyl (C=O) groups is 2. The van der Waals surface area contributed by atoms with Gasteiger partial charge in [0, 0.05) is 62.1 Å². The van der Waals surface area contributed by atoms with Crippen LogP contribution < -0.4 is 20.9 Å². The number of amides is 2. The lowest BCUT2D eigenvalue weighted by Crippen LogP contribution is -2.56. The number of ether oxygens (including phenoxy) is 1. The summed E-state index contributed by atoms with van der Waals surface area (Å²) in [7, 11) is 0. The predicted octanol–water partition coefficient (Wildman–Crippen LogP) is 2.31. The van der Waals surface area contributed by atoms with Crippen molar-refractivity contribution in [3.05, 3.63) is 11.8 Å². The number of hydrogen-bond acceptors (Lipinski definition) is 7. The molecule has 3 N–H and O–H groups in total. The number of anilines is 2. The standard InChI is InChI=1S/C26H38N6O3/c33-23-26(11-12-27-23)15-17-16-28-25(31-22(17)32(24(26)34)21-3-1-2-4-21)30-19-7-5-18(6-8-19)29-20-9-13-35-14-10-20/h16,18-21,29H,1-15H2,(H,27,33)(H,28,30,31)/t18-,19-,26-/m1/s1. The van der Waals surface area contributed by atoms with Crippen molar-refractivity contribution in [1.29, 1.82) is 0 Å². The SMILES string of the molecule is O=C1NCC[C@@]12Cc1cnc(N[C@H]3CC[C@H](NC4CCOCC4)CC3)nc1N(C1CCCC1)C2=O. The van der Waals surface area contributed by atoms with Crippen LogP contribution in [0.2, 0.25) is 0 Å². The Hall–Kier alpha value is -2.26. The molecule has 1 atom stereocenters. The summed E-state index contributed by atoms with van der Waals surface area (Å²) >= 11 is 0. The third kappa shape index (κ3) is 4.42. The molecule has 1 aromatic rings. The molecule has 0 bridgehead atoms. The molecule has 2 saturated heterocycles. The van der Waals surface area contributed by atoms with Crippen molar-refractivity contribution in [2.45, 2.75) is 101 Å². The lowest BCUT2D eigenvalue weighted by molar-refractivity contribution is -0.140. The number of carbonyl (C=O) groups excluding carboxylic acids is 2. The van der Waals surface area contributed by atoms with Gasteiger partial charge in [-0.1, -0.05) is 12.8 Å². The Bertz CT molecular complexity index is 952. The summed E-state index contributed by atoms with van der Waals surface area (Å²) in [4.78, 5) is 38.0. The molecular weight excluding hydrogens is 444 g/mol. The normalized spacial score (nSPS) is 32.2. The molecule has 35 heavy (non-hydrogen) atoms. The van der Waals surface area contributed by atoms with Crippen LogP contribution in [0, 0.1) is 5.41 Å². The third-order valence-electron chi connectivity index (χ3n) is 8.91. The van der Waals surface area contributed by atoms with Gasteiger partial charge in [-0.15, -0.1) is 0 Å². The van der Waals surface area contributed by atoms with Crippen molar-refractivity contribution in [2.24, 2.45) is 5.41 Å². The van der Waals surface area contributed by atoms with E-state index in [0.29, 0.717) is 43.5 Å². The summed E-state index contributed by atoms with van der Waals surface area (Å²) in [5.41, 5.74) is -0.0625. The second kappa shape index (κ2) is 9.65. The minimum Gasteiger partial charge on any atom is -0.381 e. The van der Waals surface area contributed by atoms with Gasteiger partial charge in [0.25, 0.3) is 0 Å². The van der Waals surface area contributed by atoms with Crippen LogP contribution in [0.3, 0.4) is 0 Å². The first-order valence-corrected chi connectivity index (χ1v) is 13.7.